The predicted octanol–water partition coefficient (Wildman–Crippen LogP) is 6.69. The van der Waals surface area contributed by atoms with Gasteiger partial charge in [-0.2, -0.15) is 31.3 Å². The first kappa shape index (κ1) is 63.0. The molecule has 0 aromatic heterocycles. The number of nitrogens with one attached hydrogen (secondary N) is 2. The number of benzene rings is 3. The van der Waals surface area contributed by atoms with Crippen LogP contribution in [-0.4, -0.2) is 129 Å². The molecule has 1 saturated heterocycles. The molecular formula is C40H49BN2O23P3S6. The Balaban J connectivity index is 1.18. The molecule has 75 heavy (non-hydrogen) atoms. The van der Waals surface area contributed by atoms with Crippen LogP contribution in [0, 0.1) is 24.1 Å². The minimum Gasteiger partial charge on any atom is -0.478 e. The highest BCUT2D eigenvalue weighted by atomic mass is 33.1. The first-order valence-electron chi connectivity index (χ1n) is 21.2. The number of phosphoric ester groups is 1. The first-order chi connectivity index (χ1) is 34.5. The first-order valence-corrected chi connectivity index (χ1v) is 33.3. The van der Waals surface area contributed by atoms with Crippen LogP contribution >= 0.6 is 66.6 Å². The summed E-state index contributed by atoms with van der Waals surface area (Å²) in [5.74, 6) is 3.01. The van der Waals surface area contributed by atoms with Crippen molar-refractivity contribution in [3.63, 3.8) is 0 Å². The van der Waals surface area contributed by atoms with E-state index in [0.29, 0.717) is 0 Å². The normalized spacial score (nSPS) is 18.3. The molecule has 0 spiro atoms. The van der Waals surface area contributed by atoms with Crippen molar-refractivity contribution in [1.29, 1.82) is 5.41 Å². The highest BCUT2D eigenvalue weighted by molar-refractivity contribution is 8.77. The van der Waals surface area contributed by atoms with Gasteiger partial charge in [0, 0.05) is 44.1 Å². The van der Waals surface area contributed by atoms with E-state index in [2.05, 4.69) is 25.7 Å². The van der Waals surface area contributed by atoms with E-state index in [1.54, 1.807) is 0 Å². The van der Waals surface area contributed by atoms with E-state index in [0.717, 1.165) is 12.1 Å². The molecule has 25 nitrogen and oxygen atoms in total. The van der Waals surface area contributed by atoms with E-state index >= 15 is 0 Å². The molecule has 2 aromatic carbocycles. The molecule has 1 aliphatic carbocycles. The average molecular weight is 1220 g/mol. The summed E-state index contributed by atoms with van der Waals surface area (Å²) in [6.45, 7) is 10.3. The van der Waals surface area contributed by atoms with Gasteiger partial charge in [-0.15, -0.1) is 0 Å². The van der Waals surface area contributed by atoms with Gasteiger partial charge in [0.15, 0.2) is 16.2 Å². The highest BCUT2D eigenvalue weighted by Crippen LogP contribution is 2.66. The molecule has 2 heterocycles. The maximum absolute atomic E-state index is 13.5. The number of amides is 1. The third-order valence-corrected chi connectivity index (χ3v) is 21.5. The maximum Gasteiger partial charge on any atom is 0.490 e. The molecule has 9 N–H and O–H groups in total. The fraction of sp³-hybridized carbons (Fsp3) is 0.425. The summed E-state index contributed by atoms with van der Waals surface area (Å²) < 4.78 is 140. The summed E-state index contributed by atoms with van der Waals surface area (Å²) in [5, 5.41) is 20.6. The van der Waals surface area contributed by atoms with Crippen LogP contribution in [0.5, 0.6) is 0 Å². The minimum absolute atomic E-state index is 0.0243. The fourth-order valence-electron chi connectivity index (χ4n) is 6.91. The van der Waals surface area contributed by atoms with Gasteiger partial charge in [0.05, 0.1) is 23.6 Å². The number of carboxylic acid groups (broad SMARTS) is 1. The second-order valence-corrected chi connectivity index (χ2v) is 30.6. The third-order valence-electron chi connectivity index (χ3n) is 9.78. The van der Waals surface area contributed by atoms with Crippen molar-refractivity contribution >= 4 is 117 Å². The number of carbonyl (C=O) groups excluding carboxylic acids is 1. The number of aromatic carboxylic acids is 1. The Morgan fingerprint density at radius 2 is 1.55 bits per heavy atom. The van der Waals surface area contributed by atoms with Gasteiger partial charge in [0.1, 0.15) is 29.5 Å². The lowest BCUT2D eigenvalue weighted by Crippen LogP contribution is -2.36. The topological polar surface area (TPSA) is 400 Å². The number of carbonyl (C=O) groups is 2. The summed E-state index contributed by atoms with van der Waals surface area (Å²) in [6, 6.07) is 7.80. The molecule has 1 radical (unpaired) electrons. The second-order valence-electron chi connectivity index (χ2n) is 17.5. The van der Waals surface area contributed by atoms with E-state index < -0.39 is 117 Å². The largest absolute Gasteiger partial charge is 0.490 e. The van der Waals surface area contributed by atoms with Crippen LogP contribution < -0.4 is 10.7 Å². The Bertz CT molecular complexity index is 3290. The third kappa shape index (κ3) is 18.4. The van der Waals surface area contributed by atoms with Gasteiger partial charge in [0.25, 0.3) is 33.4 Å². The highest BCUT2D eigenvalue weighted by Gasteiger charge is 2.43. The van der Waals surface area contributed by atoms with Gasteiger partial charge < -0.3 is 48.6 Å². The number of hydrogen-bond donors (Lipinski definition) is 9. The van der Waals surface area contributed by atoms with E-state index in [-0.39, 0.29) is 69.4 Å². The summed E-state index contributed by atoms with van der Waals surface area (Å²) in [4.78, 5) is 61.5. The zero-order chi connectivity index (χ0) is 56.1. The number of phosphoric acid groups is 3. The molecule has 3 aliphatic rings. The number of carboxylic acids is 1. The van der Waals surface area contributed by atoms with Crippen LogP contribution in [0.4, 0.5) is 0 Å². The molecule has 1 amide bonds. The minimum atomic E-state index is -5.73. The molecule has 1 fully saturated rings. The van der Waals surface area contributed by atoms with E-state index in [1.807, 2.05) is 34.6 Å². The van der Waals surface area contributed by atoms with Gasteiger partial charge in [-0.1, -0.05) is 88.1 Å². The quantitative estimate of drug-likeness (QED) is 0.00515. The van der Waals surface area contributed by atoms with Crippen molar-refractivity contribution in [3.05, 3.63) is 64.5 Å². The van der Waals surface area contributed by atoms with Crippen molar-refractivity contribution < 1.29 is 106 Å². The molecule has 2 aromatic rings. The monoisotopic (exact) mass is 1220 g/mol. The van der Waals surface area contributed by atoms with Crippen LogP contribution in [-0.2, 0) is 61.3 Å². The standard InChI is InChI=1S/C40H49BN2O23P3S6/c1-22-8-10-25-32(26-12-13-28(42)36(75(57,58)59)34(26)64-33(25)35(22)74(54,55)56)24-11-9-23(16-27(24)38(45)46)37(44)43-19-40(5,6)73-70-20-60-15-7-14-41-31-17-29(61-21-71-72-39(2,3)4)30(63-31)18-62-68(50,51)66-69(52,53)65-67(47,48)49/h8-13,16,29-31,42H,15,17-21H2,1-6H3,(H,43,44)(H,45,46)(H,50,51)(H,52,53)(H2,47,48,49)(H,54,55,56)(H,57,58,59)/t29-,30-,31-/m1/s1. The molecule has 0 bridgehead atoms. The van der Waals surface area contributed by atoms with E-state index in [1.165, 1.54) is 87.7 Å². The lowest BCUT2D eigenvalue weighted by atomic mass is 9.71. The van der Waals surface area contributed by atoms with Crippen molar-refractivity contribution in [1.82, 2.24) is 5.32 Å². The number of hydrogen-bond acceptors (Lipinski definition) is 21. The van der Waals surface area contributed by atoms with Gasteiger partial charge >= 0.3 is 29.4 Å². The summed E-state index contributed by atoms with van der Waals surface area (Å²) in [5.41, 5.74) is -1.62. The molecule has 2 unspecified atom stereocenters. The molecule has 0 saturated carbocycles. The Morgan fingerprint density at radius 3 is 2.17 bits per heavy atom. The van der Waals surface area contributed by atoms with Crippen molar-refractivity contribution in [2.24, 2.45) is 0 Å². The summed E-state index contributed by atoms with van der Waals surface area (Å²) in [6.07, 6.45) is -1.54. The van der Waals surface area contributed by atoms with Gasteiger partial charge in [-0.25, -0.2) is 18.5 Å². The Morgan fingerprint density at radius 1 is 0.893 bits per heavy atom. The Hall–Kier alpha value is -2.80. The summed E-state index contributed by atoms with van der Waals surface area (Å²) in [7, 11) is -20.0. The van der Waals surface area contributed by atoms with Crippen LogP contribution in [0.2, 0.25) is 0 Å². The predicted molar refractivity (Wildman–Crippen MR) is 279 cm³/mol. The molecule has 5 atom stereocenters. The molecule has 35 heteroatoms. The van der Waals surface area contributed by atoms with Gasteiger partial charge in [-0.3, -0.25) is 23.8 Å². The molecule has 411 valence electrons. The van der Waals surface area contributed by atoms with Crippen LogP contribution in [0.1, 0.15) is 67.3 Å². The molecule has 5 rings (SSSR count). The van der Waals surface area contributed by atoms with Gasteiger partial charge in [-0.05, 0) is 62.6 Å². The zero-order valence-corrected chi connectivity index (χ0v) is 47.6. The second kappa shape index (κ2) is 25.1. The van der Waals surface area contributed by atoms with E-state index in [4.69, 9.17) is 38.3 Å². The Kier molecular flexibility index (Phi) is 21.1. The molecular weight excluding hydrogens is 1170 g/mol. The number of rotatable bonds is 24. The lowest BCUT2D eigenvalue weighted by Gasteiger charge is -2.23. The Labute approximate surface area is 446 Å². The summed E-state index contributed by atoms with van der Waals surface area (Å²) >= 11 is 0. The number of fused-ring (bicyclic) bond motifs is 2. The van der Waals surface area contributed by atoms with Crippen LogP contribution in [0.15, 0.2) is 56.7 Å². The number of aryl methyl sites for hydroxylation is 1. The maximum atomic E-state index is 13.5. The fourth-order valence-corrected chi connectivity index (χ4v) is 15.7. The van der Waals surface area contributed by atoms with Crippen molar-refractivity contribution in [2.75, 3.05) is 31.6 Å². The number of ether oxygens (including phenoxy) is 3. The van der Waals surface area contributed by atoms with E-state index in [9.17, 15) is 64.1 Å². The zero-order valence-electron chi connectivity index (χ0n) is 40.0. The SMILES string of the molecule is Cc1ccc2c(-c3ccc(C(=O)NCC(C)(C)SSCOCC#C[B][C@H]4C[C@@H](OCSSC(C)(C)C)[C@@H](COP(=O)(O)OP(=O)(O)OP(=O)(O)O)O4)cc3C(=O)O)c3ccc(=N)c(S(=O)(=O)O)c-3oc2c1S(=O)(=O)O. The smallest absolute Gasteiger partial charge is 0.478 e. The van der Waals surface area contributed by atoms with Crippen molar-refractivity contribution in [3.8, 4) is 34.2 Å². The average Bonchev–Trinajstić information content (AvgIpc) is 3.65. The molecule has 2 aliphatic heterocycles. The van der Waals surface area contributed by atoms with Crippen LogP contribution in [0.3, 0.4) is 0 Å². The lowest BCUT2D eigenvalue weighted by molar-refractivity contribution is -0.0240. The van der Waals surface area contributed by atoms with Gasteiger partial charge in [0.2, 0.25) is 0 Å². The van der Waals surface area contributed by atoms with Crippen LogP contribution in [0.25, 0.3) is 33.4 Å². The van der Waals surface area contributed by atoms with Crippen molar-refractivity contribution in [2.45, 2.75) is 85.5 Å².